The zero-order chi connectivity index (χ0) is 26.0. The van der Waals surface area contributed by atoms with Crippen molar-refractivity contribution in [3.8, 4) is 0 Å². The number of hydrogen-bond donors (Lipinski definition) is 8. The Hall–Kier alpha value is -1.01. The van der Waals surface area contributed by atoms with Crippen molar-refractivity contribution in [1.29, 1.82) is 0 Å². The molecule has 2 aliphatic heterocycles. The van der Waals surface area contributed by atoms with Crippen LogP contribution in [0.2, 0.25) is 0 Å². The molecule has 0 aromatic carbocycles. The molecule has 2 fully saturated rings. The second-order valence-corrected chi connectivity index (χ2v) is 8.51. The van der Waals surface area contributed by atoms with Crippen LogP contribution in [-0.4, -0.2) is 143 Å². The van der Waals surface area contributed by atoms with Gasteiger partial charge in [-0.25, -0.2) is 0 Å². The molecule has 0 aromatic rings. The van der Waals surface area contributed by atoms with Crippen molar-refractivity contribution in [2.24, 2.45) is 0 Å². The van der Waals surface area contributed by atoms with E-state index < -0.39 is 80.5 Å². The highest BCUT2D eigenvalue weighted by molar-refractivity contribution is 5.73. The zero-order valence-electron chi connectivity index (χ0n) is 19.7. The van der Waals surface area contributed by atoms with E-state index in [9.17, 15) is 35.4 Å². The lowest BCUT2D eigenvalue weighted by Gasteiger charge is -2.47. The Morgan fingerprint density at radius 2 is 1.46 bits per heavy atom. The van der Waals surface area contributed by atoms with E-state index in [4.69, 9.17) is 28.8 Å². The molecule has 14 nitrogen and oxygen atoms in total. The van der Waals surface area contributed by atoms with E-state index >= 15 is 0 Å². The van der Waals surface area contributed by atoms with Gasteiger partial charge in [0.15, 0.2) is 12.6 Å². The second-order valence-electron chi connectivity index (χ2n) is 8.51. The van der Waals surface area contributed by atoms with Gasteiger partial charge in [-0.2, -0.15) is 0 Å². The number of aliphatic hydroxyl groups excluding tert-OH is 7. The van der Waals surface area contributed by atoms with Gasteiger partial charge in [0, 0.05) is 20.1 Å². The van der Waals surface area contributed by atoms with Crippen LogP contribution in [0.4, 0.5) is 0 Å². The van der Waals surface area contributed by atoms with Gasteiger partial charge in [-0.15, -0.1) is 0 Å². The summed E-state index contributed by atoms with van der Waals surface area (Å²) in [5.74, 6) is -0.510. The fourth-order valence-electron chi connectivity index (χ4n) is 3.91. The molecular weight excluding hydrogens is 474 g/mol. The van der Waals surface area contributed by atoms with Crippen LogP contribution in [0.1, 0.15) is 26.2 Å². The van der Waals surface area contributed by atoms with Crippen LogP contribution in [0.3, 0.4) is 0 Å². The van der Waals surface area contributed by atoms with Crippen molar-refractivity contribution in [1.82, 2.24) is 5.32 Å². The molecule has 0 spiro atoms. The number of rotatable bonds is 14. The van der Waals surface area contributed by atoms with Crippen molar-refractivity contribution in [2.45, 2.75) is 87.5 Å². The largest absolute Gasteiger partial charge is 0.396 e. The molecule has 0 bridgehead atoms. The molecule has 0 saturated carbocycles. The topological polar surface area (TPSA) is 217 Å². The van der Waals surface area contributed by atoms with Crippen molar-refractivity contribution in [3.05, 3.63) is 0 Å². The van der Waals surface area contributed by atoms with Crippen molar-refractivity contribution < 1.29 is 64.2 Å². The zero-order valence-corrected chi connectivity index (χ0v) is 19.7. The first-order valence-electron chi connectivity index (χ1n) is 11.7. The van der Waals surface area contributed by atoms with Crippen LogP contribution >= 0.6 is 0 Å². The summed E-state index contributed by atoms with van der Waals surface area (Å²) in [7, 11) is 0. The normalized spacial score (nSPS) is 37.8. The van der Waals surface area contributed by atoms with Crippen molar-refractivity contribution in [3.63, 3.8) is 0 Å². The molecule has 4 unspecified atom stereocenters. The fraction of sp³-hybridized carbons (Fsp3) is 0.952. The van der Waals surface area contributed by atoms with Gasteiger partial charge in [-0.05, 0) is 19.3 Å². The lowest BCUT2D eigenvalue weighted by molar-refractivity contribution is -0.345. The average Bonchev–Trinajstić information content (AvgIpc) is 2.83. The van der Waals surface area contributed by atoms with Gasteiger partial charge >= 0.3 is 0 Å². The molecule has 2 saturated heterocycles. The van der Waals surface area contributed by atoms with Crippen LogP contribution in [0.5, 0.6) is 0 Å². The third-order valence-corrected chi connectivity index (χ3v) is 5.82. The fourth-order valence-corrected chi connectivity index (χ4v) is 3.91. The minimum Gasteiger partial charge on any atom is -0.396 e. The molecule has 1 amide bonds. The summed E-state index contributed by atoms with van der Waals surface area (Å²) in [6.07, 6.45) is -10.8. The van der Waals surface area contributed by atoms with Crippen molar-refractivity contribution >= 4 is 5.91 Å². The van der Waals surface area contributed by atoms with Crippen LogP contribution in [-0.2, 0) is 28.5 Å². The van der Waals surface area contributed by atoms with Crippen LogP contribution < -0.4 is 5.32 Å². The van der Waals surface area contributed by atoms with Gasteiger partial charge in [0.25, 0.3) is 0 Å². The predicted molar refractivity (Wildman–Crippen MR) is 116 cm³/mol. The Labute approximate surface area is 203 Å². The highest BCUT2D eigenvalue weighted by atomic mass is 16.7. The lowest BCUT2D eigenvalue weighted by Crippen LogP contribution is -2.68. The molecule has 2 rings (SSSR count). The number of amides is 1. The summed E-state index contributed by atoms with van der Waals surface area (Å²) < 4.78 is 27.9. The molecule has 14 heteroatoms. The summed E-state index contributed by atoms with van der Waals surface area (Å²) in [4.78, 5) is 11.9. The first-order chi connectivity index (χ1) is 16.7. The van der Waals surface area contributed by atoms with E-state index in [2.05, 4.69) is 5.32 Å². The first kappa shape index (κ1) is 30.2. The maximum absolute atomic E-state index is 11.9. The quantitative estimate of drug-likeness (QED) is 0.104. The minimum atomic E-state index is -1.74. The van der Waals surface area contributed by atoms with E-state index in [-0.39, 0.29) is 19.8 Å². The number of hydrogen-bond acceptors (Lipinski definition) is 13. The highest BCUT2D eigenvalue weighted by Crippen LogP contribution is 2.29. The van der Waals surface area contributed by atoms with Gasteiger partial charge < -0.3 is 64.7 Å². The van der Waals surface area contributed by atoms with Crippen LogP contribution in [0.15, 0.2) is 0 Å². The third-order valence-electron chi connectivity index (χ3n) is 5.82. The number of aliphatic hydroxyl groups is 7. The number of unbranched alkanes of at least 4 members (excludes halogenated alkanes) is 2. The summed E-state index contributed by atoms with van der Waals surface area (Å²) >= 11 is 0. The number of ether oxygens (including phenoxy) is 5. The van der Waals surface area contributed by atoms with Gasteiger partial charge in [0.05, 0.1) is 26.4 Å². The SMILES string of the molecule is CC(=O)NC1[C@@H](OCCOCCCCCO)OC(CO)[C@H](O)[C@@H]1O[C@@H]1OC(CO)[C@H](O)[C@H](O)C1O. The van der Waals surface area contributed by atoms with Crippen molar-refractivity contribution in [2.75, 3.05) is 39.6 Å². The monoisotopic (exact) mass is 513 g/mol. The van der Waals surface area contributed by atoms with Gasteiger partial charge in [0.1, 0.15) is 48.8 Å². The van der Waals surface area contributed by atoms with Gasteiger partial charge in [-0.1, -0.05) is 0 Å². The Kier molecular flexibility index (Phi) is 13.2. The summed E-state index contributed by atoms with van der Waals surface area (Å²) in [6.45, 7) is 0.743. The van der Waals surface area contributed by atoms with Crippen LogP contribution in [0, 0.1) is 0 Å². The number of carbonyl (C=O) groups is 1. The Morgan fingerprint density at radius 3 is 2.09 bits per heavy atom. The van der Waals surface area contributed by atoms with E-state index in [0.29, 0.717) is 13.0 Å². The second kappa shape index (κ2) is 15.3. The highest BCUT2D eigenvalue weighted by Gasteiger charge is 2.51. The molecule has 10 atom stereocenters. The van der Waals surface area contributed by atoms with Gasteiger partial charge in [-0.3, -0.25) is 4.79 Å². The van der Waals surface area contributed by atoms with E-state index in [1.807, 2.05) is 0 Å². The molecule has 2 heterocycles. The van der Waals surface area contributed by atoms with Gasteiger partial charge in [0.2, 0.25) is 5.91 Å². The first-order valence-corrected chi connectivity index (χ1v) is 11.7. The Balaban J connectivity index is 2.08. The summed E-state index contributed by atoms with van der Waals surface area (Å²) in [5.41, 5.74) is 0. The maximum atomic E-state index is 11.9. The summed E-state index contributed by atoms with van der Waals surface area (Å²) in [6, 6.07) is -1.12. The molecule has 8 N–H and O–H groups in total. The van der Waals surface area contributed by atoms with E-state index in [1.165, 1.54) is 6.92 Å². The molecule has 2 aliphatic rings. The molecule has 35 heavy (non-hydrogen) atoms. The smallest absolute Gasteiger partial charge is 0.217 e. The molecule has 206 valence electrons. The third kappa shape index (κ3) is 8.52. The Bertz CT molecular complexity index is 612. The molecule has 0 aliphatic carbocycles. The molecule has 0 radical (unpaired) electrons. The number of carbonyl (C=O) groups excluding carboxylic acids is 1. The van der Waals surface area contributed by atoms with E-state index in [0.717, 1.165) is 12.8 Å². The summed E-state index contributed by atoms with van der Waals surface area (Å²) in [5, 5.41) is 71.5. The minimum absolute atomic E-state index is 0.0434. The lowest BCUT2D eigenvalue weighted by atomic mass is 9.95. The molecule has 0 aromatic heterocycles. The van der Waals surface area contributed by atoms with Crippen LogP contribution in [0.25, 0.3) is 0 Å². The maximum Gasteiger partial charge on any atom is 0.217 e. The Morgan fingerprint density at radius 1 is 0.800 bits per heavy atom. The molecular formula is C21H39NO13. The number of nitrogens with one attached hydrogen (secondary N) is 1. The average molecular weight is 514 g/mol. The predicted octanol–water partition coefficient (Wildman–Crippen LogP) is -4.05. The standard InChI is InChI=1S/C21H39NO13/c1-11(26)22-14-19(35-21-18(30)17(29)15(27)12(9-24)34-21)16(28)13(10-25)33-20(14)32-8-7-31-6-4-2-3-5-23/h12-21,23-25,27-30H,2-10H2,1H3,(H,22,26)/t12?,13?,14?,15-,16-,17-,18?,19+,20-,21-/m0/s1. The van der Waals surface area contributed by atoms with E-state index in [1.54, 1.807) is 0 Å².